The van der Waals surface area contributed by atoms with Crippen LogP contribution in [-0.2, 0) is 0 Å². The lowest BCUT2D eigenvalue weighted by Gasteiger charge is -2.23. The summed E-state index contributed by atoms with van der Waals surface area (Å²) in [6, 6.07) is 5.15. The minimum atomic E-state index is -0.303. The monoisotopic (exact) mass is 249 g/mol. The van der Waals surface area contributed by atoms with Crippen LogP contribution in [-0.4, -0.2) is 13.1 Å². The first kappa shape index (κ1) is 12.8. The van der Waals surface area contributed by atoms with Crippen LogP contribution < -0.4 is 5.32 Å². The molecule has 1 nitrogen and oxygen atoms in total. The zero-order valence-corrected chi connectivity index (χ0v) is 9.87. The summed E-state index contributed by atoms with van der Waals surface area (Å²) >= 11 is 5.63. The zero-order chi connectivity index (χ0) is 9.97. The molecular weight excluding hydrogens is 236 g/mol. The molecule has 15 heavy (non-hydrogen) atoms. The van der Waals surface area contributed by atoms with E-state index in [1.54, 1.807) is 12.1 Å². The third kappa shape index (κ3) is 3.07. The smallest absolute Gasteiger partial charge is 0.142 e. The number of hydrogen-bond acceptors (Lipinski definition) is 1. The summed E-state index contributed by atoms with van der Waals surface area (Å²) in [5.41, 5.74) is 1.08. The van der Waals surface area contributed by atoms with Crippen molar-refractivity contribution >= 4 is 24.0 Å². The summed E-state index contributed by atoms with van der Waals surface area (Å²) in [6.07, 6.45) is 2.17. The van der Waals surface area contributed by atoms with Crippen molar-refractivity contribution in [2.45, 2.75) is 18.8 Å². The van der Waals surface area contributed by atoms with Gasteiger partial charge in [-0.15, -0.1) is 12.4 Å². The molecule has 0 radical (unpaired) electrons. The van der Waals surface area contributed by atoms with Crippen LogP contribution in [0.15, 0.2) is 18.2 Å². The van der Waals surface area contributed by atoms with Crippen LogP contribution >= 0.6 is 24.0 Å². The molecule has 1 aliphatic rings. The van der Waals surface area contributed by atoms with Crippen LogP contribution in [0.25, 0.3) is 0 Å². The maximum Gasteiger partial charge on any atom is 0.142 e. The first-order chi connectivity index (χ1) is 6.77. The van der Waals surface area contributed by atoms with Gasteiger partial charge in [-0.1, -0.05) is 17.7 Å². The molecule has 0 saturated carbocycles. The largest absolute Gasteiger partial charge is 0.317 e. The molecule has 84 valence electrons. The Morgan fingerprint density at radius 2 is 1.93 bits per heavy atom. The van der Waals surface area contributed by atoms with Gasteiger partial charge in [0.1, 0.15) is 5.82 Å². The van der Waals surface area contributed by atoms with Crippen LogP contribution in [0.4, 0.5) is 4.39 Å². The van der Waals surface area contributed by atoms with Crippen molar-refractivity contribution in [3.8, 4) is 0 Å². The fourth-order valence-corrected chi connectivity index (χ4v) is 2.04. The maximum atomic E-state index is 13.2. The number of piperidine rings is 1. The summed E-state index contributed by atoms with van der Waals surface area (Å²) in [5, 5.41) is 3.50. The van der Waals surface area contributed by atoms with E-state index in [4.69, 9.17) is 11.6 Å². The zero-order valence-electron chi connectivity index (χ0n) is 8.30. The van der Waals surface area contributed by atoms with E-state index in [9.17, 15) is 4.39 Å². The minimum absolute atomic E-state index is 0. The van der Waals surface area contributed by atoms with Crippen LogP contribution in [0, 0.1) is 5.82 Å². The molecule has 0 spiro atoms. The molecule has 1 saturated heterocycles. The van der Waals surface area contributed by atoms with Crippen molar-refractivity contribution in [1.29, 1.82) is 0 Å². The van der Waals surface area contributed by atoms with Crippen LogP contribution in [0.3, 0.4) is 0 Å². The lowest BCUT2D eigenvalue weighted by atomic mass is 9.90. The molecule has 1 fully saturated rings. The lowest BCUT2D eigenvalue weighted by Crippen LogP contribution is -2.26. The fraction of sp³-hybridized carbons (Fsp3) is 0.455. The van der Waals surface area contributed by atoms with Crippen molar-refractivity contribution in [1.82, 2.24) is 5.32 Å². The second kappa shape index (κ2) is 5.69. The lowest BCUT2D eigenvalue weighted by molar-refractivity contribution is 0.458. The second-order valence-electron chi connectivity index (χ2n) is 3.70. The fourth-order valence-electron chi connectivity index (χ4n) is 1.92. The molecular formula is C11H14Cl2FN. The van der Waals surface area contributed by atoms with Crippen LogP contribution in [0.2, 0.25) is 5.02 Å². The highest BCUT2D eigenvalue weighted by Crippen LogP contribution is 2.27. The van der Waals surface area contributed by atoms with Gasteiger partial charge < -0.3 is 5.32 Å². The average molecular weight is 250 g/mol. The number of nitrogens with one attached hydrogen (secondary N) is 1. The normalized spacial score (nSPS) is 17.2. The summed E-state index contributed by atoms with van der Waals surface area (Å²) in [4.78, 5) is 0. The number of benzene rings is 1. The van der Waals surface area contributed by atoms with Crippen molar-refractivity contribution in [3.05, 3.63) is 34.6 Å². The molecule has 4 heteroatoms. The topological polar surface area (TPSA) is 12.0 Å². The molecule has 0 bridgehead atoms. The van der Waals surface area contributed by atoms with Gasteiger partial charge in [0.2, 0.25) is 0 Å². The standard InChI is InChI=1S/C11H13ClFN.ClH/c12-10-2-1-9(7-11(10)13)8-3-5-14-6-4-8;/h1-2,7-8,14H,3-6H2;1H. The molecule has 0 amide bonds. The third-order valence-corrected chi connectivity index (χ3v) is 3.06. The molecule has 2 rings (SSSR count). The van der Waals surface area contributed by atoms with Crippen molar-refractivity contribution in [3.63, 3.8) is 0 Å². The van der Waals surface area contributed by atoms with Gasteiger partial charge >= 0.3 is 0 Å². The van der Waals surface area contributed by atoms with E-state index in [0.717, 1.165) is 31.5 Å². The van der Waals surface area contributed by atoms with Crippen LogP contribution in [0.1, 0.15) is 24.3 Å². The Morgan fingerprint density at radius 1 is 1.27 bits per heavy atom. The second-order valence-corrected chi connectivity index (χ2v) is 4.11. The summed E-state index contributed by atoms with van der Waals surface area (Å²) in [5.74, 6) is 0.186. The van der Waals surface area contributed by atoms with Crippen LogP contribution in [0.5, 0.6) is 0 Å². The Hall–Kier alpha value is -0.310. The first-order valence-corrected chi connectivity index (χ1v) is 5.31. The molecule has 0 aromatic heterocycles. The highest BCUT2D eigenvalue weighted by Gasteiger charge is 2.15. The van der Waals surface area contributed by atoms with E-state index in [1.165, 1.54) is 0 Å². The maximum absolute atomic E-state index is 13.2. The first-order valence-electron chi connectivity index (χ1n) is 4.93. The predicted molar refractivity (Wildman–Crippen MR) is 63.5 cm³/mol. The van der Waals surface area contributed by atoms with E-state index < -0.39 is 0 Å². The molecule has 1 N–H and O–H groups in total. The molecule has 1 aliphatic heterocycles. The van der Waals surface area contributed by atoms with Gasteiger partial charge in [0.15, 0.2) is 0 Å². The van der Waals surface area contributed by atoms with Crippen molar-refractivity contribution < 1.29 is 4.39 Å². The molecule has 1 aromatic carbocycles. The molecule has 0 aliphatic carbocycles. The molecule has 1 aromatic rings. The van der Waals surface area contributed by atoms with Gasteiger partial charge in [-0.3, -0.25) is 0 Å². The van der Waals surface area contributed by atoms with E-state index in [-0.39, 0.29) is 23.2 Å². The predicted octanol–water partition coefficient (Wildman–Crippen LogP) is 3.37. The molecule has 1 heterocycles. The minimum Gasteiger partial charge on any atom is -0.317 e. The molecule has 0 unspecified atom stereocenters. The van der Waals surface area contributed by atoms with Gasteiger partial charge in [-0.25, -0.2) is 4.39 Å². The van der Waals surface area contributed by atoms with Gasteiger partial charge in [0, 0.05) is 0 Å². The van der Waals surface area contributed by atoms with Gasteiger partial charge in [0.25, 0.3) is 0 Å². The highest BCUT2D eigenvalue weighted by molar-refractivity contribution is 6.30. The number of halogens is 3. The summed E-state index contributed by atoms with van der Waals surface area (Å²) < 4.78 is 13.2. The van der Waals surface area contributed by atoms with E-state index >= 15 is 0 Å². The average Bonchev–Trinajstić information content (AvgIpc) is 2.23. The number of rotatable bonds is 1. The highest BCUT2D eigenvalue weighted by atomic mass is 35.5. The van der Waals surface area contributed by atoms with E-state index in [0.29, 0.717) is 5.92 Å². The molecule has 0 atom stereocenters. The Morgan fingerprint density at radius 3 is 2.53 bits per heavy atom. The van der Waals surface area contributed by atoms with Crippen molar-refractivity contribution in [2.75, 3.05) is 13.1 Å². The Bertz CT molecular complexity index is 324. The van der Waals surface area contributed by atoms with Gasteiger partial charge in [-0.05, 0) is 49.5 Å². The Kier molecular flexibility index (Phi) is 4.84. The SMILES string of the molecule is Cl.Fc1cc(C2CCNCC2)ccc1Cl. The Labute approximate surface area is 100 Å². The van der Waals surface area contributed by atoms with E-state index in [1.807, 2.05) is 6.07 Å². The van der Waals surface area contributed by atoms with Gasteiger partial charge in [-0.2, -0.15) is 0 Å². The third-order valence-electron chi connectivity index (χ3n) is 2.75. The number of hydrogen-bond donors (Lipinski definition) is 1. The quantitative estimate of drug-likeness (QED) is 0.805. The van der Waals surface area contributed by atoms with Crippen molar-refractivity contribution in [2.24, 2.45) is 0 Å². The summed E-state index contributed by atoms with van der Waals surface area (Å²) in [7, 11) is 0. The van der Waals surface area contributed by atoms with E-state index in [2.05, 4.69) is 5.32 Å². The summed E-state index contributed by atoms with van der Waals surface area (Å²) in [6.45, 7) is 2.05. The Balaban J connectivity index is 0.00000112. The van der Waals surface area contributed by atoms with Gasteiger partial charge in [0.05, 0.1) is 5.02 Å².